The van der Waals surface area contributed by atoms with Gasteiger partial charge in [-0.15, -0.1) is 0 Å². The number of likely N-dealkylation sites (tertiary alicyclic amines) is 2. The summed E-state index contributed by atoms with van der Waals surface area (Å²) in [6, 6.07) is 9.47. The first kappa shape index (κ1) is 17.4. The van der Waals surface area contributed by atoms with E-state index in [0.717, 1.165) is 11.1 Å². The highest BCUT2D eigenvalue weighted by Crippen LogP contribution is 2.37. The van der Waals surface area contributed by atoms with Gasteiger partial charge in [-0.3, -0.25) is 19.3 Å². The number of benzene rings is 1. The molecule has 2 fully saturated rings. The van der Waals surface area contributed by atoms with Crippen LogP contribution >= 0.6 is 11.3 Å². The zero-order chi connectivity index (χ0) is 19.3. The molecule has 2 atom stereocenters. The number of hydrogen-bond donors (Lipinski definition) is 0. The smallest absolute Gasteiger partial charge is 0.253 e. The third kappa shape index (κ3) is 2.71. The molecule has 1 aromatic heterocycles. The summed E-state index contributed by atoms with van der Waals surface area (Å²) < 4.78 is 0. The molecule has 0 unspecified atom stereocenters. The Morgan fingerprint density at radius 1 is 0.893 bits per heavy atom. The van der Waals surface area contributed by atoms with Gasteiger partial charge in [0.05, 0.1) is 17.9 Å². The molecule has 3 amide bonds. The zero-order valence-corrected chi connectivity index (χ0v) is 16.1. The van der Waals surface area contributed by atoms with Gasteiger partial charge in [-0.25, -0.2) is 0 Å². The van der Waals surface area contributed by atoms with Gasteiger partial charge >= 0.3 is 0 Å². The minimum absolute atomic E-state index is 0.0497. The predicted octanol–water partition coefficient (Wildman–Crippen LogP) is 3.19. The molecule has 142 valence electrons. The number of imide groups is 1. The average molecular weight is 392 g/mol. The quantitative estimate of drug-likeness (QED) is 0.595. The maximum Gasteiger partial charge on any atom is 0.253 e. The molecule has 5 rings (SSSR count). The summed E-state index contributed by atoms with van der Waals surface area (Å²) in [5.74, 6) is -0.571. The standard InChI is InChI=1S/C22H20N2O3S/c25-20(15-7-5-14(6-8-15)16-9-10-28-13-16)23-11-17(12-23)24-21(26)18-3-1-2-4-19(18)22(24)27/h1-2,5-10,13,17-19H,3-4,11-12H2/t18-,19-/m1/s1. The Bertz CT molecular complexity index is 932. The van der Waals surface area contributed by atoms with Gasteiger partial charge in [0.25, 0.3) is 5.91 Å². The van der Waals surface area contributed by atoms with E-state index in [-0.39, 0.29) is 35.6 Å². The minimum Gasteiger partial charge on any atom is -0.334 e. The van der Waals surface area contributed by atoms with Crippen LogP contribution in [0.15, 0.2) is 53.2 Å². The molecule has 0 bridgehead atoms. The summed E-state index contributed by atoms with van der Waals surface area (Å²) in [6.07, 6.45) is 5.29. The first-order chi connectivity index (χ1) is 13.6. The van der Waals surface area contributed by atoms with Crippen molar-refractivity contribution in [2.75, 3.05) is 13.1 Å². The van der Waals surface area contributed by atoms with E-state index < -0.39 is 0 Å². The second-order valence-corrected chi connectivity index (χ2v) is 8.44. The second kappa shape index (κ2) is 6.71. The molecule has 1 aliphatic carbocycles. The number of nitrogens with zero attached hydrogens (tertiary/aromatic N) is 2. The van der Waals surface area contributed by atoms with Gasteiger partial charge < -0.3 is 4.90 Å². The van der Waals surface area contributed by atoms with E-state index in [1.165, 1.54) is 4.90 Å². The Kier molecular flexibility index (Phi) is 4.16. The van der Waals surface area contributed by atoms with Crippen molar-refractivity contribution in [3.8, 4) is 11.1 Å². The highest BCUT2D eigenvalue weighted by molar-refractivity contribution is 7.08. The lowest BCUT2D eigenvalue weighted by Gasteiger charge is -2.43. The van der Waals surface area contributed by atoms with Gasteiger partial charge in [-0.2, -0.15) is 11.3 Å². The van der Waals surface area contributed by atoms with Gasteiger partial charge in [0, 0.05) is 18.7 Å². The number of hydrogen-bond acceptors (Lipinski definition) is 4. The molecule has 0 N–H and O–H groups in total. The van der Waals surface area contributed by atoms with E-state index in [2.05, 4.69) is 11.4 Å². The van der Waals surface area contributed by atoms with E-state index in [1.807, 2.05) is 41.8 Å². The largest absolute Gasteiger partial charge is 0.334 e. The lowest BCUT2D eigenvalue weighted by Crippen LogP contribution is -2.62. The number of rotatable bonds is 3. The topological polar surface area (TPSA) is 57.7 Å². The molecule has 28 heavy (non-hydrogen) atoms. The van der Waals surface area contributed by atoms with Crippen molar-refractivity contribution in [1.82, 2.24) is 9.80 Å². The number of carbonyl (C=O) groups excluding carboxylic acids is 3. The molecule has 3 aliphatic rings. The lowest BCUT2D eigenvalue weighted by atomic mass is 9.85. The molecule has 2 aliphatic heterocycles. The van der Waals surface area contributed by atoms with Crippen molar-refractivity contribution in [3.05, 3.63) is 58.8 Å². The first-order valence-electron chi connectivity index (χ1n) is 9.57. The summed E-state index contributed by atoms with van der Waals surface area (Å²) in [7, 11) is 0. The van der Waals surface area contributed by atoms with E-state index >= 15 is 0 Å². The van der Waals surface area contributed by atoms with Crippen molar-refractivity contribution >= 4 is 29.1 Å². The average Bonchev–Trinajstić information content (AvgIpc) is 3.31. The van der Waals surface area contributed by atoms with Crippen LogP contribution in [0.3, 0.4) is 0 Å². The fourth-order valence-electron chi connectivity index (χ4n) is 4.39. The van der Waals surface area contributed by atoms with Gasteiger partial charge in [-0.1, -0.05) is 24.3 Å². The molecular weight excluding hydrogens is 372 g/mol. The maximum atomic E-state index is 12.7. The third-order valence-electron chi connectivity index (χ3n) is 6.04. The van der Waals surface area contributed by atoms with Crippen LogP contribution in [0, 0.1) is 11.8 Å². The fraction of sp³-hybridized carbons (Fsp3) is 0.318. The van der Waals surface area contributed by atoms with Crippen molar-refractivity contribution in [2.45, 2.75) is 18.9 Å². The van der Waals surface area contributed by atoms with Crippen molar-refractivity contribution < 1.29 is 14.4 Å². The molecule has 2 saturated heterocycles. The van der Waals surface area contributed by atoms with Crippen LogP contribution in [0.5, 0.6) is 0 Å². The Labute approximate surface area is 167 Å². The monoisotopic (exact) mass is 392 g/mol. The lowest BCUT2D eigenvalue weighted by molar-refractivity contribution is -0.145. The molecule has 0 radical (unpaired) electrons. The van der Waals surface area contributed by atoms with Crippen LogP contribution < -0.4 is 0 Å². The van der Waals surface area contributed by atoms with Gasteiger partial charge in [0.2, 0.25) is 11.8 Å². The summed E-state index contributed by atoms with van der Waals surface area (Å²) in [5, 5.41) is 4.11. The number of allylic oxidation sites excluding steroid dienone is 2. The Hall–Kier alpha value is -2.73. The van der Waals surface area contributed by atoms with E-state index in [0.29, 0.717) is 31.5 Å². The van der Waals surface area contributed by atoms with Crippen LogP contribution in [-0.2, 0) is 9.59 Å². The summed E-state index contributed by atoms with van der Waals surface area (Å²) in [4.78, 5) is 41.2. The highest BCUT2D eigenvalue weighted by atomic mass is 32.1. The van der Waals surface area contributed by atoms with Gasteiger partial charge in [0.1, 0.15) is 0 Å². The van der Waals surface area contributed by atoms with Crippen molar-refractivity contribution in [3.63, 3.8) is 0 Å². The number of carbonyl (C=O) groups is 3. The van der Waals surface area contributed by atoms with Crippen molar-refractivity contribution in [1.29, 1.82) is 0 Å². The second-order valence-electron chi connectivity index (χ2n) is 7.66. The van der Waals surface area contributed by atoms with E-state index in [9.17, 15) is 14.4 Å². The minimum atomic E-state index is -0.202. The molecule has 6 heteroatoms. The molecule has 3 heterocycles. The predicted molar refractivity (Wildman–Crippen MR) is 107 cm³/mol. The molecular formula is C22H20N2O3S. The third-order valence-corrected chi connectivity index (χ3v) is 6.73. The normalized spacial score (nSPS) is 24.4. The van der Waals surface area contributed by atoms with Crippen LogP contribution in [0.25, 0.3) is 11.1 Å². The van der Waals surface area contributed by atoms with Crippen molar-refractivity contribution in [2.24, 2.45) is 11.8 Å². The van der Waals surface area contributed by atoms with E-state index in [4.69, 9.17) is 0 Å². The number of thiophene rings is 1. The zero-order valence-electron chi connectivity index (χ0n) is 15.3. The van der Waals surface area contributed by atoms with Gasteiger partial charge in [0.15, 0.2) is 0 Å². The van der Waals surface area contributed by atoms with Gasteiger partial charge in [-0.05, 0) is 52.9 Å². The Morgan fingerprint density at radius 2 is 1.54 bits per heavy atom. The van der Waals surface area contributed by atoms with Crippen LogP contribution in [-0.4, -0.2) is 46.7 Å². The molecule has 2 aromatic rings. The van der Waals surface area contributed by atoms with Crippen LogP contribution in [0.2, 0.25) is 0 Å². The maximum absolute atomic E-state index is 12.7. The van der Waals surface area contributed by atoms with Crippen LogP contribution in [0.4, 0.5) is 0 Å². The summed E-state index contributed by atoms with van der Waals surface area (Å²) in [5.41, 5.74) is 2.87. The number of fused-ring (bicyclic) bond motifs is 1. The highest BCUT2D eigenvalue weighted by Gasteiger charge is 2.52. The molecule has 5 nitrogen and oxygen atoms in total. The molecule has 0 spiro atoms. The Balaban J connectivity index is 1.24. The fourth-order valence-corrected chi connectivity index (χ4v) is 5.05. The van der Waals surface area contributed by atoms with E-state index in [1.54, 1.807) is 16.2 Å². The molecule has 1 aromatic carbocycles. The summed E-state index contributed by atoms with van der Waals surface area (Å²) in [6.45, 7) is 0.852. The summed E-state index contributed by atoms with van der Waals surface area (Å²) >= 11 is 1.64. The van der Waals surface area contributed by atoms with Crippen LogP contribution in [0.1, 0.15) is 23.2 Å². The first-order valence-corrected chi connectivity index (χ1v) is 10.5. The SMILES string of the molecule is O=C(c1ccc(-c2ccsc2)cc1)N1CC(N2C(=O)[C@@H]3CC=CC[C@H]3C2=O)C1. The Morgan fingerprint density at radius 3 is 2.11 bits per heavy atom. The molecule has 0 saturated carbocycles. The number of amides is 3.